The predicted molar refractivity (Wildman–Crippen MR) is 92.7 cm³/mol. The van der Waals surface area contributed by atoms with E-state index in [0.717, 1.165) is 0 Å². The van der Waals surface area contributed by atoms with Crippen molar-refractivity contribution in [2.45, 2.75) is 18.6 Å². The third-order valence-electron chi connectivity index (χ3n) is 3.46. The zero-order chi connectivity index (χ0) is 17.7. The molecule has 0 unspecified atom stereocenters. The summed E-state index contributed by atoms with van der Waals surface area (Å²) >= 11 is 11.9. The number of carbonyl (C=O) groups excluding carboxylic acids is 2. The van der Waals surface area contributed by atoms with Crippen LogP contribution in [0.5, 0.6) is 0 Å². The van der Waals surface area contributed by atoms with Crippen LogP contribution >= 0.6 is 23.2 Å². The van der Waals surface area contributed by atoms with Crippen LogP contribution in [0.25, 0.3) is 0 Å². The van der Waals surface area contributed by atoms with Crippen molar-refractivity contribution in [3.05, 3.63) is 69.7 Å². The van der Waals surface area contributed by atoms with E-state index < -0.39 is 24.0 Å². The maximum Gasteiger partial charge on any atom is 0.254 e. The Kier molecular flexibility index (Phi) is 6.20. The van der Waals surface area contributed by atoms with Gasteiger partial charge in [0.05, 0.1) is 0 Å². The molecule has 0 fully saturated rings. The summed E-state index contributed by atoms with van der Waals surface area (Å²) in [4.78, 5) is 23.8. The largest absolute Gasteiger partial charge is 0.378 e. The summed E-state index contributed by atoms with van der Waals surface area (Å²) in [5.41, 5.74) is 6.38. The molecule has 0 bridgehead atoms. The second kappa shape index (κ2) is 8.15. The highest BCUT2D eigenvalue weighted by Crippen LogP contribution is 2.22. The molecule has 0 heterocycles. The van der Waals surface area contributed by atoms with Gasteiger partial charge in [0, 0.05) is 16.5 Å². The van der Waals surface area contributed by atoms with Gasteiger partial charge in [0.2, 0.25) is 5.91 Å². The topological polar surface area (TPSA) is 92.4 Å². The van der Waals surface area contributed by atoms with E-state index in [-0.39, 0.29) is 6.42 Å². The number of nitrogens with one attached hydrogen (secondary N) is 1. The number of aliphatic hydroxyl groups is 1. The van der Waals surface area contributed by atoms with Crippen LogP contribution in [0.2, 0.25) is 10.0 Å². The second-order valence-electron chi connectivity index (χ2n) is 5.22. The van der Waals surface area contributed by atoms with Crippen LogP contribution < -0.4 is 11.1 Å². The van der Waals surface area contributed by atoms with Gasteiger partial charge in [0.25, 0.3) is 5.91 Å². The van der Waals surface area contributed by atoms with Gasteiger partial charge in [0.15, 0.2) is 6.10 Å². The Bertz CT molecular complexity index is 738. The first-order valence-electron chi connectivity index (χ1n) is 7.15. The molecule has 0 spiro atoms. The average Bonchev–Trinajstić information content (AvgIpc) is 2.56. The van der Waals surface area contributed by atoms with Gasteiger partial charge in [-0.3, -0.25) is 9.59 Å². The van der Waals surface area contributed by atoms with Gasteiger partial charge in [0.1, 0.15) is 6.04 Å². The Hall–Kier alpha value is -2.08. The molecule has 7 heteroatoms. The highest BCUT2D eigenvalue weighted by atomic mass is 35.5. The fraction of sp³-hybridized carbons (Fsp3) is 0.176. The summed E-state index contributed by atoms with van der Waals surface area (Å²) in [5, 5.41) is 13.3. The Balaban J connectivity index is 2.11. The lowest BCUT2D eigenvalue weighted by atomic mass is 10.0. The minimum atomic E-state index is -1.39. The van der Waals surface area contributed by atoms with Crippen LogP contribution in [0, 0.1) is 0 Å². The van der Waals surface area contributed by atoms with Gasteiger partial charge in [-0.15, -0.1) is 0 Å². The molecule has 2 aromatic rings. The molecular weight excluding hydrogens is 351 g/mol. The zero-order valence-electron chi connectivity index (χ0n) is 12.6. The Labute approximate surface area is 149 Å². The highest BCUT2D eigenvalue weighted by molar-refractivity contribution is 6.35. The van der Waals surface area contributed by atoms with Crippen molar-refractivity contribution < 1.29 is 14.7 Å². The van der Waals surface area contributed by atoms with Crippen LogP contribution in [-0.4, -0.2) is 23.0 Å². The number of amides is 2. The molecular formula is C17H16Cl2N2O3. The Morgan fingerprint density at radius 2 is 1.79 bits per heavy atom. The predicted octanol–water partition coefficient (Wildman–Crippen LogP) is 2.24. The lowest BCUT2D eigenvalue weighted by molar-refractivity contribution is -0.133. The normalized spacial score (nSPS) is 13.1. The van der Waals surface area contributed by atoms with E-state index in [1.807, 2.05) is 0 Å². The maximum absolute atomic E-state index is 12.2. The van der Waals surface area contributed by atoms with Crippen molar-refractivity contribution in [3.8, 4) is 0 Å². The molecule has 24 heavy (non-hydrogen) atoms. The molecule has 5 nitrogen and oxygen atoms in total. The number of nitrogens with two attached hydrogens (primary N) is 1. The summed E-state index contributed by atoms with van der Waals surface area (Å²) in [6.45, 7) is 0. The fourth-order valence-corrected chi connectivity index (χ4v) is 2.65. The van der Waals surface area contributed by atoms with Gasteiger partial charge < -0.3 is 16.2 Å². The van der Waals surface area contributed by atoms with Gasteiger partial charge in [-0.05, 0) is 23.3 Å². The third-order valence-corrected chi connectivity index (χ3v) is 4.05. The van der Waals surface area contributed by atoms with Gasteiger partial charge >= 0.3 is 0 Å². The number of aliphatic hydroxyl groups excluding tert-OH is 1. The molecule has 0 aliphatic carbocycles. The van der Waals surface area contributed by atoms with Crippen molar-refractivity contribution in [3.63, 3.8) is 0 Å². The summed E-state index contributed by atoms with van der Waals surface area (Å²) in [5.74, 6) is -1.44. The second-order valence-corrected chi connectivity index (χ2v) is 6.06. The zero-order valence-corrected chi connectivity index (χ0v) is 14.1. The monoisotopic (exact) mass is 366 g/mol. The summed E-state index contributed by atoms with van der Waals surface area (Å²) in [6, 6.07) is 12.2. The Morgan fingerprint density at radius 3 is 2.38 bits per heavy atom. The van der Waals surface area contributed by atoms with Crippen LogP contribution in [0.3, 0.4) is 0 Å². The van der Waals surface area contributed by atoms with E-state index in [9.17, 15) is 14.7 Å². The lowest BCUT2D eigenvalue weighted by Crippen LogP contribution is -2.47. The van der Waals surface area contributed by atoms with Crippen LogP contribution in [0.15, 0.2) is 48.5 Å². The van der Waals surface area contributed by atoms with E-state index in [2.05, 4.69) is 5.32 Å². The Morgan fingerprint density at radius 1 is 1.12 bits per heavy atom. The van der Waals surface area contributed by atoms with Crippen LogP contribution in [0.4, 0.5) is 0 Å². The highest BCUT2D eigenvalue weighted by Gasteiger charge is 2.24. The van der Waals surface area contributed by atoms with Crippen LogP contribution in [-0.2, 0) is 16.0 Å². The van der Waals surface area contributed by atoms with Crippen molar-refractivity contribution in [1.29, 1.82) is 0 Å². The SMILES string of the molecule is NC(=O)[C@H](Cc1ccc(Cl)cc1Cl)NC(=O)[C@@H](O)c1ccccc1. The minimum Gasteiger partial charge on any atom is -0.378 e. The third kappa shape index (κ3) is 4.71. The average molecular weight is 367 g/mol. The number of carbonyl (C=O) groups is 2. The van der Waals surface area contributed by atoms with Crippen molar-refractivity contribution in [2.75, 3.05) is 0 Å². The van der Waals surface area contributed by atoms with Gasteiger partial charge in [-0.25, -0.2) is 0 Å². The molecule has 0 aromatic heterocycles. The standard InChI is InChI=1S/C17H16Cl2N2O3/c18-12-7-6-11(13(19)9-12)8-14(16(20)23)21-17(24)15(22)10-4-2-1-3-5-10/h1-7,9,14-15,22H,8H2,(H2,20,23)(H,21,24)/t14-,15-/m0/s1. The number of rotatable bonds is 6. The first-order valence-corrected chi connectivity index (χ1v) is 7.90. The molecule has 0 aliphatic heterocycles. The summed E-state index contributed by atoms with van der Waals surface area (Å²) < 4.78 is 0. The molecule has 2 aromatic carbocycles. The van der Waals surface area contributed by atoms with Crippen molar-refractivity contribution >= 4 is 35.0 Å². The molecule has 0 aliphatic rings. The van der Waals surface area contributed by atoms with Gasteiger partial charge in [-0.2, -0.15) is 0 Å². The van der Waals surface area contributed by atoms with Crippen molar-refractivity contribution in [1.82, 2.24) is 5.32 Å². The first kappa shape index (κ1) is 18.3. The number of primary amides is 1. The molecule has 2 rings (SSSR count). The number of hydrogen-bond donors (Lipinski definition) is 3. The first-order chi connectivity index (χ1) is 11.4. The summed E-state index contributed by atoms with van der Waals surface area (Å²) in [7, 11) is 0. The molecule has 0 radical (unpaired) electrons. The quantitative estimate of drug-likeness (QED) is 0.731. The van der Waals surface area contributed by atoms with E-state index in [0.29, 0.717) is 21.2 Å². The van der Waals surface area contributed by atoms with E-state index in [4.69, 9.17) is 28.9 Å². The number of hydrogen-bond acceptors (Lipinski definition) is 3. The van der Waals surface area contributed by atoms with Gasteiger partial charge in [-0.1, -0.05) is 59.6 Å². The minimum absolute atomic E-state index is 0.0958. The molecule has 2 amide bonds. The van der Waals surface area contributed by atoms with E-state index in [1.54, 1.807) is 42.5 Å². The smallest absolute Gasteiger partial charge is 0.254 e. The lowest BCUT2D eigenvalue weighted by Gasteiger charge is -2.19. The molecule has 126 valence electrons. The van der Waals surface area contributed by atoms with E-state index >= 15 is 0 Å². The molecule has 0 saturated heterocycles. The fourth-order valence-electron chi connectivity index (χ4n) is 2.17. The molecule has 2 atom stereocenters. The van der Waals surface area contributed by atoms with Crippen molar-refractivity contribution in [2.24, 2.45) is 5.73 Å². The molecule has 0 saturated carbocycles. The van der Waals surface area contributed by atoms with E-state index in [1.165, 1.54) is 6.07 Å². The number of benzene rings is 2. The summed E-state index contributed by atoms with van der Waals surface area (Å²) in [6.07, 6.45) is -1.30. The molecule has 4 N–H and O–H groups in total. The number of halogens is 2. The maximum atomic E-state index is 12.2. The van der Waals surface area contributed by atoms with Crippen LogP contribution in [0.1, 0.15) is 17.2 Å².